The SMILES string of the molecule is CC(=O)NCCOCCOCCNC(=O)c1ccc(-c2cc(Nc3cccc(F)c3)nc(C3CCCN(C(C)=O)C3)n2)cc1. The Morgan fingerprint density at radius 3 is 2.34 bits per heavy atom. The van der Waals surface area contributed by atoms with Crippen LogP contribution in [0.15, 0.2) is 54.6 Å². The zero-order valence-electron chi connectivity index (χ0n) is 25.1. The van der Waals surface area contributed by atoms with Crippen LogP contribution < -0.4 is 16.0 Å². The van der Waals surface area contributed by atoms with Crippen molar-refractivity contribution >= 4 is 29.2 Å². The first-order chi connectivity index (χ1) is 21.3. The Labute approximate surface area is 256 Å². The number of rotatable bonds is 14. The number of carbonyl (C=O) groups is 3. The topological polar surface area (TPSA) is 135 Å². The molecule has 1 aliphatic heterocycles. The third-order valence-corrected chi connectivity index (χ3v) is 7.04. The highest BCUT2D eigenvalue weighted by atomic mass is 19.1. The molecular weight excluding hydrogens is 567 g/mol. The lowest BCUT2D eigenvalue weighted by Gasteiger charge is -2.31. The third-order valence-electron chi connectivity index (χ3n) is 7.04. The van der Waals surface area contributed by atoms with Gasteiger partial charge < -0.3 is 30.3 Å². The van der Waals surface area contributed by atoms with Crippen molar-refractivity contribution in [2.45, 2.75) is 32.6 Å². The first-order valence-electron chi connectivity index (χ1n) is 14.7. The van der Waals surface area contributed by atoms with Gasteiger partial charge in [-0.2, -0.15) is 0 Å². The Morgan fingerprint density at radius 2 is 1.66 bits per heavy atom. The number of hydrogen-bond acceptors (Lipinski definition) is 8. The Bertz CT molecular complexity index is 1420. The maximum atomic E-state index is 13.8. The number of ether oxygens (including phenoxy) is 2. The van der Waals surface area contributed by atoms with E-state index in [1.165, 1.54) is 19.1 Å². The molecule has 11 nitrogen and oxygen atoms in total. The maximum absolute atomic E-state index is 13.8. The van der Waals surface area contributed by atoms with Crippen molar-refractivity contribution in [3.05, 3.63) is 71.8 Å². The molecule has 1 aliphatic rings. The van der Waals surface area contributed by atoms with Crippen LogP contribution in [0.5, 0.6) is 0 Å². The van der Waals surface area contributed by atoms with E-state index in [1.807, 2.05) is 17.0 Å². The molecule has 2 heterocycles. The molecule has 2 aromatic carbocycles. The summed E-state index contributed by atoms with van der Waals surface area (Å²) in [6.07, 6.45) is 1.70. The highest BCUT2D eigenvalue weighted by molar-refractivity contribution is 5.94. The molecule has 1 aromatic heterocycles. The number of nitrogens with one attached hydrogen (secondary N) is 3. The van der Waals surface area contributed by atoms with Gasteiger partial charge in [0.05, 0.1) is 32.1 Å². The van der Waals surface area contributed by atoms with Crippen molar-refractivity contribution in [1.82, 2.24) is 25.5 Å². The molecule has 3 aromatic rings. The summed E-state index contributed by atoms with van der Waals surface area (Å²) in [7, 11) is 0. The van der Waals surface area contributed by atoms with E-state index in [0.29, 0.717) is 81.2 Å². The van der Waals surface area contributed by atoms with E-state index in [0.717, 1.165) is 18.4 Å². The fourth-order valence-corrected chi connectivity index (χ4v) is 4.80. The lowest BCUT2D eigenvalue weighted by atomic mass is 9.96. The number of hydrogen-bond donors (Lipinski definition) is 3. The lowest BCUT2D eigenvalue weighted by molar-refractivity contribution is -0.130. The van der Waals surface area contributed by atoms with Crippen LogP contribution in [0.4, 0.5) is 15.9 Å². The predicted octanol–water partition coefficient (Wildman–Crippen LogP) is 3.65. The number of aromatic nitrogens is 2. The first-order valence-corrected chi connectivity index (χ1v) is 14.7. The summed E-state index contributed by atoms with van der Waals surface area (Å²) in [5.74, 6) is 0.411. The zero-order chi connectivity index (χ0) is 31.3. The number of anilines is 2. The van der Waals surface area contributed by atoms with Gasteiger partial charge in [0, 0.05) is 68.8 Å². The van der Waals surface area contributed by atoms with Crippen LogP contribution in [-0.2, 0) is 19.1 Å². The van der Waals surface area contributed by atoms with Crippen molar-refractivity contribution < 1.29 is 28.2 Å². The number of halogens is 1. The summed E-state index contributed by atoms with van der Waals surface area (Å²) in [5.41, 5.74) is 2.48. The average Bonchev–Trinajstić information content (AvgIpc) is 3.01. The quantitative estimate of drug-likeness (QED) is 0.237. The van der Waals surface area contributed by atoms with Crippen molar-refractivity contribution in [2.24, 2.45) is 0 Å². The Morgan fingerprint density at radius 1 is 0.932 bits per heavy atom. The number of nitrogens with zero attached hydrogens (tertiary/aromatic N) is 3. The lowest BCUT2D eigenvalue weighted by Crippen LogP contribution is -2.38. The van der Waals surface area contributed by atoms with E-state index in [4.69, 9.17) is 19.4 Å². The average molecular weight is 607 g/mol. The molecule has 44 heavy (non-hydrogen) atoms. The fraction of sp³-hybridized carbons (Fsp3) is 0.406. The van der Waals surface area contributed by atoms with E-state index in [9.17, 15) is 18.8 Å². The molecule has 3 N–H and O–H groups in total. The molecule has 0 saturated carbocycles. The summed E-state index contributed by atoms with van der Waals surface area (Å²) in [6.45, 7) is 6.60. The second-order valence-electron chi connectivity index (χ2n) is 10.5. The van der Waals surface area contributed by atoms with Crippen molar-refractivity contribution in [3.8, 4) is 11.3 Å². The Kier molecular flexibility index (Phi) is 12.1. The highest BCUT2D eigenvalue weighted by Gasteiger charge is 2.26. The van der Waals surface area contributed by atoms with Gasteiger partial charge in [-0.25, -0.2) is 14.4 Å². The maximum Gasteiger partial charge on any atom is 0.251 e. The molecule has 1 fully saturated rings. The molecule has 12 heteroatoms. The Hall–Kier alpha value is -4.42. The smallest absolute Gasteiger partial charge is 0.251 e. The monoisotopic (exact) mass is 606 g/mol. The Balaban J connectivity index is 1.37. The third kappa shape index (κ3) is 10.1. The van der Waals surface area contributed by atoms with E-state index in [2.05, 4.69) is 16.0 Å². The highest BCUT2D eigenvalue weighted by Crippen LogP contribution is 2.29. The summed E-state index contributed by atoms with van der Waals surface area (Å²) in [6, 6.07) is 15.0. The molecule has 0 aliphatic carbocycles. The zero-order valence-corrected chi connectivity index (χ0v) is 25.1. The van der Waals surface area contributed by atoms with Gasteiger partial charge in [0.25, 0.3) is 5.91 Å². The van der Waals surface area contributed by atoms with Crippen LogP contribution in [0, 0.1) is 5.82 Å². The van der Waals surface area contributed by atoms with Crippen molar-refractivity contribution in [3.63, 3.8) is 0 Å². The normalized spacial score (nSPS) is 14.6. The van der Waals surface area contributed by atoms with Crippen LogP contribution in [0.3, 0.4) is 0 Å². The minimum atomic E-state index is -0.362. The molecule has 234 valence electrons. The van der Waals surface area contributed by atoms with Gasteiger partial charge in [-0.3, -0.25) is 14.4 Å². The second-order valence-corrected chi connectivity index (χ2v) is 10.5. The van der Waals surface area contributed by atoms with Gasteiger partial charge in [-0.15, -0.1) is 0 Å². The number of likely N-dealkylation sites (tertiary alicyclic amines) is 1. The van der Waals surface area contributed by atoms with Crippen LogP contribution in [0.2, 0.25) is 0 Å². The van der Waals surface area contributed by atoms with E-state index in [-0.39, 0.29) is 29.5 Å². The molecule has 1 atom stereocenters. The van der Waals surface area contributed by atoms with Gasteiger partial charge in [-0.1, -0.05) is 18.2 Å². The first kappa shape index (κ1) is 32.5. The predicted molar refractivity (Wildman–Crippen MR) is 164 cm³/mol. The summed E-state index contributed by atoms with van der Waals surface area (Å²) in [5, 5.41) is 8.67. The second kappa shape index (κ2) is 16.4. The number of carbonyl (C=O) groups excluding carboxylic acids is 3. The van der Waals surface area contributed by atoms with Gasteiger partial charge in [0.2, 0.25) is 11.8 Å². The number of piperidine rings is 1. The van der Waals surface area contributed by atoms with Crippen LogP contribution >= 0.6 is 0 Å². The molecule has 0 bridgehead atoms. The minimum Gasteiger partial charge on any atom is -0.377 e. The van der Waals surface area contributed by atoms with Gasteiger partial charge in [-0.05, 0) is 43.2 Å². The standard InChI is InChI=1S/C32H39FN6O5/c1-22(40)34-12-15-43-17-18-44-16-13-35-32(42)25-10-8-24(9-11-25)29-20-30(36-28-7-3-6-27(33)19-28)38-31(37-29)26-5-4-14-39(21-26)23(2)41/h3,6-11,19-20,26H,4-5,12-18,21H2,1-2H3,(H,34,40)(H,35,42)(H,36,37,38). The molecule has 0 radical (unpaired) electrons. The molecule has 4 rings (SSSR count). The van der Waals surface area contributed by atoms with Crippen LogP contribution in [0.25, 0.3) is 11.3 Å². The van der Waals surface area contributed by atoms with Crippen molar-refractivity contribution in [1.29, 1.82) is 0 Å². The fourth-order valence-electron chi connectivity index (χ4n) is 4.80. The molecule has 0 spiro atoms. The minimum absolute atomic E-state index is 0.0219. The van der Waals surface area contributed by atoms with Gasteiger partial charge >= 0.3 is 0 Å². The molecular formula is C32H39FN6O5. The number of benzene rings is 2. The van der Waals surface area contributed by atoms with Crippen LogP contribution in [0.1, 0.15) is 48.8 Å². The summed E-state index contributed by atoms with van der Waals surface area (Å²) in [4.78, 5) is 46.9. The summed E-state index contributed by atoms with van der Waals surface area (Å²) < 4.78 is 24.7. The van der Waals surface area contributed by atoms with E-state index in [1.54, 1.807) is 37.3 Å². The molecule has 1 unspecified atom stereocenters. The van der Waals surface area contributed by atoms with Crippen molar-refractivity contribution in [2.75, 3.05) is 57.9 Å². The van der Waals surface area contributed by atoms with E-state index < -0.39 is 0 Å². The van der Waals surface area contributed by atoms with Gasteiger partial charge in [0.1, 0.15) is 17.5 Å². The molecule has 3 amide bonds. The summed E-state index contributed by atoms with van der Waals surface area (Å²) >= 11 is 0. The van der Waals surface area contributed by atoms with E-state index >= 15 is 0 Å². The number of amides is 3. The van der Waals surface area contributed by atoms with Gasteiger partial charge in [0.15, 0.2) is 0 Å². The molecule has 1 saturated heterocycles. The largest absolute Gasteiger partial charge is 0.377 e. The van der Waals surface area contributed by atoms with Crippen LogP contribution in [-0.4, -0.2) is 85.2 Å².